The lowest BCUT2D eigenvalue weighted by Gasteiger charge is -2.03. The minimum atomic E-state index is -0.272. The van der Waals surface area contributed by atoms with Gasteiger partial charge in [0.2, 0.25) is 0 Å². The number of allylic oxidation sites excluding steroid dienone is 2. The first kappa shape index (κ1) is 18.4. The van der Waals surface area contributed by atoms with Crippen LogP contribution in [0.4, 0.5) is 0 Å². The fourth-order valence-corrected chi connectivity index (χ4v) is 2.13. The van der Waals surface area contributed by atoms with Crippen LogP contribution in [-0.4, -0.2) is 25.8 Å². The minimum Gasteiger partial charge on any atom is -0.464 e. The molecule has 3 heteroatoms. The molecule has 122 valence electrons. The zero-order valence-corrected chi connectivity index (χ0v) is 13.6. The van der Waals surface area contributed by atoms with Crippen molar-refractivity contribution in [3.63, 3.8) is 0 Å². The van der Waals surface area contributed by atoms with Crippen LogP contribution in [0.25, 0.3) is 0 Å². The van der Waals surface area contributed by atoms with Gasteiger partial charge in [-0.15, -0.1) is 0 Å². The lowest BCUT2D eigenvalue weighted by molar-refractivity contribution is -0.148. The van der Waals surface area contributed by atoms with Crippen molar-refractivity contribution < 1.29 is 14.3 Å². The molecule has 0 bridgehead atoms. The van der Waals surface area contributed by atoms with Crippen molar-refractivity contribution in [2.75, 3.05) is 19.8 Å². The molecule has 0 radical (unpaired) electrons. The molecular formula is C19H28O3. The summed E-state index contributed by atoms with van der Waals surface area (Å²) in [5.41, 5.74) is 1.36. The summed E-state index contributed by atoms with van der Waals surface area (Å²) in [7, 11) is 0. The predicted octanol–water partition coefficient (Wildman–Crippen LogP) is 4.32. The molecule has 0 N–H and O–H groups in total. The minimum absolute atomic E-state index is 0.0794. The molecule has 0 saturated heterocycles. The van der Waals surface area contributed by atoms with E-state index in [0.717, 1.165) is 25.7 Å². The summed E-state index contributed by atoms with van der Waals surface area (Å²) < 4.78 is 10.0. The molecule has 0 aliphatic carbocycles. The molecule has 0 spiro atoms. The Bertz CT molecular complexity index is 412. The Hall–Kier alpha value is -1.61. The highest BCUT2D eigenvalue weighted by Crippen LogP contribution is 2.05. The number of carbonyl (C=O) groups is 1. The van der Waals surface area contributed by atoms with Crippen LogP contribution in [0.5, 0.6) is 0 Å². The molecule has 3 nitrogen and oxygen atoms in total. The summed E-state index contributed by atoms with van der Waals surface area (Å²) in [5.74, 6) is -0.272. The number of ether oxygens (including phenoxy) is 2. The largest absolute Gasteiger partial charge is 0.464 e. The van der Waals surface area contributed by atoms with E-state index < -0.39 is 0 Å². The van der Waals surface area contributed by atoms with E-state index in [9.17, 15) is 4.79 Å². The van der Waals surface area contributed by atoms with Gasteiger partial charge in [-0.25, -0.2) is 4.79 Å². The summed E-state index contributed by atoms with van der Waals surface area (Å²) in [6.07, 6.45) is 11.2. The van der Waals surface area contributed by atoms with E-state index in [1.807, 2.05) is 6.07 Å². The molecule has 0 aliphatic heterocycles. The lowest BCUT2D eigenvalue weighted by atomic mass is 10.1. The van der Waals surface area contributed by atoms with Crippen LogP contribution in [-0.2, 0) is 20.7 Å². The Morgan fingerprint density at radius 1 is 1.05 bits per heavy atom. The molecule has 0 amide bonds. The number of carbonyl (C=O) groups excluding carboxylic acids is 1. The smallest absolute Gasteiger partial charge is 0.332 e. The highest BCUT2D eigenvalue weighted by molar-refractivity contribution is 5.70. The van der Waals surface area contributed by atoms with E-state index in [1.165, 1.54) is 18.4 Å². The maximum atomic E-state index is 11.0. The fraction of sp³-hybridized carbons (Fsp3) is 0.526. The highest BCUT2D eigenvalue weighted by atomic mass is 16.6. The Morgan fingerprint density at radius 3 is 2.59 bits per heavy atom. The fourth-order valence-electron chi connectivity index (χ4n) is 2.13. The highest BCUT2D eigenvalue weighted by Gasteiger charge is 2.00. The number of esters is 1. The molecule has 0 aromatic heterocycles. The third-order valence-electron chi connectivity index (χ3n) is 3.30. The van der Waals surface area contributed by atoms with E-state index in [-0.39, 0.29) is 12.6 Å². The van der Waals surface area contributed by atoms with Gasteiger partial charge in [-0.3, -0.25) is 0 Å². The van der Waals surface area contributed by atoms with Crippen LogP contribution in [0.15, 0.2) is 42.5 Å². The van der Waals surface area contributed by atoms with Crippen LogP contribution in [0.2, 0.25) is 0 Å². The van der Waals surface area contributed by atoms with Gasteiger partial charge in [0.1, 0.15) is 6.61 Å². The van der Waals surface area contributed by atoms with Gasteiger partial charge in [0, 0.05) is 6.61 Å². The molecule has 22 heavy (non-hydrogen) atoms. The Balaban J connectivity index is 1.86. The standard InChI is InChI=1S/C19H28O3/c1-2-22-19(20)17-21-16-12-7-5-3-4-6-9-13-18-14-10-8-11-15-18/h6,8-11,14-15H,2-5,7,12-13,16-17H2,1H3. The third-order valence-corrected chi connectivity index (χ3v) is 3.30. The summed E-state index contributed by atoms with van der Waals surface area (Å²) in [4.78, 5) is 11.0. The average molecular weight is 304 g/mol. The third kappa shape index (κ3) is 10.2. The molecule has 1 aromatic carbocycles. The first-order valence-corrected chi connectivity index (χ1v) is 8.25. The second-order valence-electron chi connectivity index (χ2n) is 5.22. The topological polar surface area (TPSA) is 35.5 Å². The van der Waals surface area contributed by atoms with Gasteiger partial charge in [-0.2, -0.15) is 0 Å². The molecule has 0 atom stereocenters. The SMILES string of the molecule is CCOC(=O)COCCCCCCC=CCc1ccccc1. The van der Waals surface area contributed by atoms with Gasteiger partial charge >= 0.3 is 5.97 Å². The quantitative estimate of drug-likeness (QED) is 0.328. The Morgan fingerprint density at radius 2 is 1.82 bits per heavy atom. The van der Waals surface area contributed by atoms with Gasteiger partial charge in [0.15, 0.2) is 0 Å². The van der Waals surface area contributed by atoms with Gasteiger partial charge in [0.05, 0.1) is 6.61 Å². The van der Waals surface area contributed by atoms with Gasteiger partial charge in [0.25, 0.3) is 0 Å². The van der Waals surface area contributed by atoms with Crippen molar-refractivity contribution in [2.45, 2.75) is 45.4 Å². The first-order chi connectivity index (χ1) is 10.8. The molecule has 1 aromatic rings. The van der Waals surface area contributed by atoms with Crippen molar-refractivity contribution in [1.82, 2.24) is 0 Å². The summed E-state index contributed by atoms with van der Waals surface area (Å²) in [6, 6.07) is 10.5. The maximum Gasteiger partial charge on any atom is 0.332 e. The van der Waals surface area contributed by atoms with E-state index in [2.05, 4.69) is 36.4 Å². The normalized spacial score (nSPS) is 11.0. The lowest BCUT2D eigenvalue weighted by Crippen LogP contribution is -2.12. The zero-order chi connectivity index (χ0) is 15.9. The number of hydrogen-bond acceptors (Lipinski definition) is 3. The molecular weight excluding hydrogens is 276 g/mol. The van der Waals surface area contributed by atoms with Crippen molar-refractivity contribution >= 4 is 5.97 Å². The molecule has 0 fully saturated rings. The molecule has 0 aliphatic rings. The molecule has 0 unspecified atom stereocenters. The van der Waals surface area contributed by atoms with E-state index >= 15 is 0 Å². The summed E-state index contributed by atoms with van der Waals surface area (Å²) >= 11 is 0. The van der Waals surface area contributed by atoms with Crippen molar-refractivity contribution in [3.05, 3.63) is 48.0 Å². The summed E-state index contributed by atoms with van der Waals surface area (Å²) in [5, 5.41) is 0. The number of hydrogen-bond donors (Lipinski definition) is 0. The molecule has 0 saturated carbocycles. The number of rotatable bonds is 12. The van der Waals surface area contributed by atoms with E-state index in [1.54, 1.807) is 6.92 Å². The molecule has 0 heterocycles. The van der Waals surface area contributed by atoms with Crippen molar-refractivity contribution in [1.29, 1.82) is 0 Å². The average Bonchev–Trinajstić information content (AvgIpc) is 2.54. The maximum absolute atomic E-state index is 11.0. The van der Waals surface area contributed by atoms with Crippen LogP contribution < -0.4 is 0 Å². The van der Waals surface area contributed by atoms with Gasteiger partial charge in [-0.05, 0) is 38.2 Å². The molecule has 1 rings (SSSR count). The van der Waals surface area contributed by atoms with Crippen molar-refractivity contribution in [3.8, 4) is 0 Å². The van der Waals surface area contributed by atoms with Gasteiger partial charge < -0.3 is 9.47 Å². The van der Waals surface area contributed by atoms with Gasteiger partial charge in [-0.1, -0.05) is 55.3 Å². The van der Waals surface area contributed by atoms with E-state index in [0.29, 0.717) is 13.2 Å². The first-order valence-electron chi connectivity index (χ1n) is 8.25. The van der Waals surface area contributed by atoms with Crippen LogP contribution in [0.3, 0.4) is 0 Å². The van der Waals surface area contributed by atoms with Crippen molar-refractivity contribution in [2.24, 2.45) is 0 Å². The zero-order valence-electron chi connectivity index (χ0n) is 13.6. The van der Waals surface area contributed by atoms with Crippen LogP contribution >= 0.6 is 0 Å². The Labute approximate surface area is 134 Å². The second-order valence-corrected chi connectivity index (χ2v) is 5.22. The number of benzene rings is 1. The number of unbranched alkanes of at least 4 members (excludes halogenated alkanes) is 4. The van der Waals surface area contributed by atoms with Crippen LogP contribution in [0.1, 0.15) is 44.6 Å². The second kappa shape index (κ2) is 13.1. The summed E-state index contributed by atoms with van der Waals surface area (Å²) in [6.45, 7) is 2.94. The van der Waals surface area contributed by atoms with E-state index in [4.69, 9.17) is 9.47 Å². The Kier molecular flexibility index (Phi) is 11.0. The van der Waals surface area contributed by atoms with Crippen LogP contribution in [0, 0.1) is 0 Å². The predicted molar refractivity (Wildman–Crippen MR) is 89.8 cm³/mol. The monoisotopic (exact) mass is 304 g/mol.